The fraction of sp³-hybridized carbons (Fsp3) is 0.375. The van der Waals surface area contributed by atoms with E-state index in [1.54, 1.807) is 0 Å². The van der Waals surface area contributed by atoms with Crippen LogP contribution in [0.4, 0.5) is 10.1 Å². The lowest BCUT2D eigenvalue weighted by Crippen LogP contribution is -2.20. The Labute approximate surface area is 85.1 Å². The summed E-state index contributed by atoms with van der Waals surface area (Å²) in [6, 6.07) is 1.21. The summed E-state index contributed by atoms with van der Waals surface area (Å²) in [6.07, 6.45) is -1.22. The highest BCUT2D eigenvalue weighted by Gasteiger charge is 2.18. The van der Waals surface area contributed by atoms with Gasteiger partial charge in [0.1, 0.15) is 6.10 Å². The Morgan fingerprint density at radius 3 is 2.71 bits per heavy atom. The van der Waals surface area contributed by atoms with Crippen molar-refractivity contribution in [2.75, 3.05) is 11.6 Å². The van der Waals surface area contributed by atoms with Gasteiger partial charge in [-0.2, -0.15) is 4.39 Å². The first-order valence-electron chi connectivity index (χ1n) is 3.89. The van der Waals surface area contributed by atoms with E-state index in [0.29, 0.717) is 0 Å². The summed E-state index contributed by atoms with van der Waals surface area (Å²) in [5, 5.41) is 18.6. The highest BCUT2D eigenvalue weighted by atomic mass is 35.5. The van der Waals surface area contributed by atoms with Gasteiger partial charge in [-0.25, -0.2) is 4.98 Å². The number of hydrogen-bond donors (Lipinski definition) is 3. The topological polar surface area (TPSA) is 79.4 Å². The predicted molar refractivity (Wildman–Crippen MR) is 50.3 cm³/mol. The molecule has 0 aliphatic carbocycles. The van der Waals surface area contributed by atoms with Gasteiger partial charge in [-0.3, -0.25) is 0 Å². The van der Waals surface area contributed by atoms with E-state index < -0.39 is 18.2 Å². The second-order valence-electron chi connectivity index (χ2n) is 2.82. The van der Waals surface area contributed by atoms with Gasteiger partial charge in [-0.1, -0.05) is 0 Å². The lowest BCUT2D eigenvalue weighted by Gasteiger charge is -2.15. The Balaban J connectivity index is 2.91. The Kier molecular flexibility index (Phi) is 3.62. The second-order valence-corrected chi connectivity index (χ2v) is 3.12. The molecule has 1 heterocycles. The number of aliphatic hydroxyl groups is 2. The standard InChI is InChI=1S/C8H10ClFN2O2/c9-2-6(13)7(14)4-1-5(11)8(10)12-3-4/h1,3,6-7,13-14H,2,11H2. The largest absolute Gasteiger partial charge is 0.395 e. The minimum atomic E-state index is -1.21. The van der Waals surface area contributed by atoms with Crippen molar-refractivity contribution in [3.8, 4) is 0 Å². The molecule has 4 nitrogen and oxygen atoms in total. The van der Waals surface area contributed by atoms with Crippen LogP contribution in [0.2, 0.25) is 0 Å². The lowest BCUT2D eigenvalue weighted by molar-refractivity contribution is 0.0325. The van der Waals surface area contributed by atoms with Crippen LogP contribution >= 0.6 is 11.6 Å². The first-order valence-corrected chi connectivity index (χ1v) is 4.42. The maximum atomic E-state index is 12.6. The third kappa shape index (κ3) is 2.31. The first kappa shape index (κ1) is 11.2. The molecule has 1 aromatic heterocycles. The van der Waals surface area contributed by atoms with Crippen molar-refractivity contribution in [1.82, 2.24) is 4.98 Å². The monoisotopic (exact) mass is 220 g/mol. The van der Waals surface area contributed by atoms with Gasteiger partial charge in [0.15, 0.2) is 0 Å². The van der Waals surface area contributed by atoms with Crippen LogP contribution in [0.1, 0.15) is 11.7 Å². The van der Waals surface area contributed by atoms with Crippen LogP contribution < -0.4 is 5.73 Å². The van der Waals surface area contributed by atoms with Crippen LogP contribution in [0.5, 0.6) is 0 Å². The Morgan fingerprint density at radius 2 is 2.21 bits per heavy atom. The minimum absolute atomic E-state index is 0.127. The zero-order chi connectivity index (χ0) is 10.7. The second kappa shape index (κ2) is 4.54. The molecule has 0 fully saturated rings. The molecule has 1 rings (SSSR count). The van der Waals surface area contributed by atoms with Crippen LogP contribution in [-0.4, -0.2) is 27.2 Å². The number of anilines is 1. The van der Waals surface area contributed by atoms with E-state index in [9.17, 15) is 14.6 Å². The number of nitrogens with zero attached hydrogens (tertiary/aromatic N) is 1. The molecule has 0 spiro atoms. The molecule has 0 radical (unpaired) electrons. The van der Waals surface area contributed by atoms with E-state index in [4.69, 9.17) is 17.3 Å². The van der Waals surface area contributed by atoms with Crippen molar-refractivity contribution in [3.05, 3.63) is 23.8 Å². The molecule has 4 N–H and O–H groups in total. The van der Waals surface area contributed by atoms with Crippen molar-refractivity contribution in [3.63, 3.8) is 0 Å². The molecule has 0 aromatic carbocycles. The van der Waals surface area contributed by atoms with E-state index in [2.05, 4.69) is 4.98 Å². The number of aliphatic hydroxyl groups excluding tert-OH is 2. The fourth-order valence-corrected chi connectivity index (χ4v) is 1.12. The molecular weight excluding hydrogens is 211 g/mol. The normalized spacial score (nSPS) is 15.1. The Bertz CT molecular complexity index is 324. The van der Waals surface area contributed by atoms with Gasteiger partial charge in [0.2, 0.25) is 5.95 Å². The van der Waals surface area contributed by atoms with E-state index in [0.717, 1.165) is 6.20 Å². The average Bonchev–Trinajstić information content (AvgIpc) is 2.20. The molecule has 1 aromatic rings. The van der Waals surface area contributed by atoms with Crippen LogP contribution in [0.25, 0.3) is 0 Å². The summed E-state index contributed by atoms with van der Waals surface area (Å²) in [7, 11) is 0. The van der Waals surface area contributed by atoms with Gasteiger partial charge < -0.3 is 15.9 Å². The summed E-state index contributed by atoms with van der Waals surface area (Å²) in [5.41, 5.74) is 5.29. The van der Waals surface area contributed by atoms with Gasteiger partial charge in [-0.15, -0.1) is 11.6 Å². The number of pyridine rings is 1. The van der Waals surface area contributed by atoms with Crippen molar-refractivity contribution in [2.24, 2.45) is 0 Å². The molecule has 6 heteroatoms. The van der Waals surface area contributed by atoms with Gasteiger partial charge in [0, 0.05) is 11.8 Å². The van der Waals surface area contributed by atoms with E-state index in [-0.39, 0.29) is 17.1 Å². The molecule has 0 saturated heterocycles. The molecule has 2 atom stereocenters. The maximum absolute atomic E-state index is 12.6. The summed E-state index contributed by atoms with van der Waals surface area (Å²) >= 11 is 5.33. The quantitative estimate of drug-likeness (QED) is 0.510. The van der Waals surface area contributed by atoms with Crippen molar-refractivity contribution >= 4 is 17.3 Å². The summed E-state index contributed by atoms with van der Waals surface area (Å²) < 4.78 is 12.6. The molecule has 78 valence electrons. The number of aromatic nitrogens is 1. The molecule has 0 aliphatic heterocycles. The highest BCUT2D eigenvalue weighted by Crippen LogP contribution is 2.20. The van der Waals surface area contributed by atoms with Gasteiger partial charge >= 0.3 is 0 Å². The number of halogens is 2. The highest BCUT2D eigenvalue weighted by molar-refractivity contribution is 6.18. The van der Waals surface area contributed by atoms with E-state index in [1.807, 2.05) is 0 Å². The smallest absolute Gasteiger partial charge is 0.236 e. The SMILES string of the molecule is Nc1cc(C(O)C(O)CCl)cnc1F. The average molecular weight is 221 g/mol. The number of hydrogen-bond acceptors (Lipinski definition) is 4. The molecular formula is C8H10ClFN2O2. The van der Waals surface area contributed by atoms with E-state index in [1.165, 1.54) is 6.07 Å². The third-order valence-corrected chi connectivity index (χ3v) is 2.07. The zero-order valence-electron chi connectivity index (χ0n) is 7.19. The number of nitrogen functional groups attached to an aromatic ring is 1. The fourth-order valence-electron chi connectivity index (χ4n) is 0.950. The molecule has 0 aliphatic rings. The molecule has 0 amide bonds. The number of rotatable bonds is 3. The summed E-state index contributed by atoms with van der Waals surface area (Å²) in [5.74, 6) is -0.931. The zero-order valence-corrected chi connectivity index (χ0v) is 7.95. The van der Waals surface area contributed by atoms with Gasteiger partial charge in [0.25, 0.3) is 0 Å². The van der Waals surface area contributed by atoms with Crippen LogP contribution in [0, 0.1) is 5.95 Å². The minimum Gasteiger partial charge on any atom is -0.395 e. The first-order chi connectivity index (χ1) is 6.56. The van der Waals surface area contributed by atoms with Crippen molar-refractivity contribution < 1.29 is 14.6 Å². The van der Waals surface area contributed by atoms with Gasteiger partial charge in [0.05, 0.1) is 17.7 Å². The van der Waals surface area contributed by atoms with Crippen LogP contribution in [0.15, 0.2) is 12.3 Å². The van der Waals surface area contributed by atoms with Gasteiger partial charge in [-0.05, 0) is 6.07 Å². The lowest BCUT2D eigenvalue weighted by atomic mass is 10.1. The molecule has 14 heavy (non-hydrogen) atoms. The number of alkyl halides is 1. The molecule has 0 bridgehead atoms. The van der Waals surface area contributed by atoms with Crippen molar-refractivity contribution in [2.45, 2.75) is 12.2 Å². The summed E-state index contributed by atoms with van der Waals surface area (Å²) in [6.45, 7) is 0. The third-order valence-electron chi connectivity index (χ3n) is 1.75. The van der Waals surface area contributed by atoms with Crippen LogP contribution in [0.3, 0.4) is 0 Å². The molecule has 0 saturated carbocycles. The predicted octanol–water partition coefficient (Wildman–Crippen LogP) is 0.436. The summed E-state index contributed by atoms with van der Waals surface area (Å²) in [4.78, 5) is 3.31. The molecule has 2 unspecified atom stereocenters. The Morgan fingerprint density at radius 1 is 1.57 bits per heavy atom. The Hall–Kier alpha value is -0.910. The van der Waals surface area contributed by atoms with E-state index >= 15 is 0 Å². The van der Waals surface area contributed by atoms with Crippen LogP contribution in [-0.2, 0) is 0 Å². The number of nitrogens with two attached hydrogens (primary N) is 1. The van der Waals surface area contributed by atoms with Crippen molar-refractivity contribution in [1.29, 1.82) is 0 Å². The maximum Gasteiger partial charge on any atom is 0.236 e.